The Bertz CT molecular complexity index is 465. The van der Waals surface area contributed by atoms with Crippen LogP contribution in [0.25, 0.3) is 0 Å². The molecule has 1 aromatic carbocycles. The van der Waals surface area contributed by atoms with Crippen LogP contribution in [0.2, 0.25) is 0 Å². The summed E-state index contributed by atoms with van der Waals surface area (Å²) >= 11 is 0. The Labute approximate surface area is 111 Å². The fourth-order valence-corrected chi connectivity index (χ4v) is 2.39. The van der Waals surface area contributed by atoms with Gasteiger partial charge in [-0.15, -0.1) is 0 Å². The minimum atomic E-state index is -0.927. The van der Waals surface area contributed by atoms with Crippen LogP contribution in [0.4, 0.5) is 8.78 Å². The first kappa shape index (κ1) is 13.9. The molecule has 0 radical (unpaired) electrons. The summed E-state index contributed by atoms with van der Waals surface area (Å²) in [6, 6.07) is 3.91. The van der Waals surface area contributed by atoms with Gasteiger partial charge in [-0.25, -0.2) is 8.78 Å². The summed E-state index contributed by atoms with van der Waals surface area (Å²) in [5, 5.41) is 0. The van der Waals surface area contributed by atoms with Crippen molar-refractivity contribution < 1.29 is 18.3 Å². The number of rotatable bonds is 4. The molecule has 1 amide bonds. The van der Waals surface area contributed by atoms with Crippen molar-refractivity contribution in [1.82, 2.24) is 4.90 Å². The molecule has 0 bridgehead atoms. The molecule has 0 aliphatic carbocycles. The van der Waals surface area contributed by atoms with Crippen molar-refractivity contribution in [3.8, 4) is 0 Å². The van der Waals surface area contributed by atoms with Gasteiger partial charge in [-0.3, -0.25) is 4.79 Å². The van der Waals surface area contributed by atoms with E-state index >= 15 is 0 Å². The summed E-state index contributed by atoms with van der Waals surface area (Å²) in [6.45, 7) is 1.91. The molecule has 5 heteroatoms. The molecule has 2 rings (SSSR count). The molecule has 1 atom stereocenters. The van der Waals surface area contributed by atoms with Crippen molar-refractivity contribution in [2.24, 2.45) is 5.92 Å². The molecule has 1 aliphatic heterocycles. The SMILES string of the molecule is COCC1CCN(C(=O)Cc2cccc(F)c2F)C1. The minimum Gasteiger partial charge on any atom is -0.384 e. The average Bonchev–Trinajstić information content (AvgIpc) is 2.84. The molecule has 1 aromatic rings. The summed E-state index contributed by atoms with van der Waals surface area (Å²) in [5.41, 5.74) is 0.111. The zero-order valence-electron chi connectivity index (χ0n) is 10.9. The van der Waals surface area contributed by atoms with Crippen LogP contribution in [0.5, 0.6) is 0 Å². The lowest BCUT2D eigenvalue weighted by atomic mass is 10.1. The van der Waals surface area contributed by atoms with E-state index in [9.17, 15) is 13.6 Å². The van der Waals surface area contributed by atoms with Crippen LogP contribution in [0, 0.1) is 17.6 Å². The maximum Gasteiger partial charge on any atom is 0.227 e. The zero-order valence-corrected chi connectivity index (χ0v) is 10.9. The molecule has 1 fully saturated rings. The van der Waals surface area contributed by atoms with Gasteiger partial charge in [0.2, 0.25) is 5.91 Å². The van der Waals surface area contributed by atoms with E-state index in [1.165, 1.54) is 12.1 Å². The molecular weight excluding hydrogens is 252 g/mol. The van der Waals surface area contributed by atoms with E-state index in [-0.39, 0.29) is 17.9 Å². The molecule has 0 aromatic heterocycles. The van der Waals surface area contributed by atoms with Gasteiger partial charge in [-0.1, -0.05) is 12.1 Å². The maximum atomic E-state index is 13.5. The third-order valence-corrected chi connectivity index (χ3v) is 3.41. The predicted octanol–water partition coefficient (Wildman–Crippen LogP) is 2.00. The third kappa shape index (κ3) is 3.29. The van der Waals surface area contributed by atoms with Crippen LogP contribution < -0.4 is 0 Å². The summed E-state index contributed by atoms with van der Waals surface area (Å²) in [5.74, 6) is -1.66. The Kier molecular flexibility index (Phi) is 4.47. The number of carbonyl (C=O) groups is 1. The number of nitrogens with zero attached hydrogens (tertiary/aromatic N) is 1. The van der Waals surface area contributed by atoms with Crippen molar-refractivity contribution >= 4 is 5.91 Å². The molecule has 1 heterocycles. The summed E-state index contributed by atoms with van der Waals surface area (Å²) in [7, 11) is 1.63. The smallest absolute Gasteiger partial charge is 0.227 e. The zero-order chi connectivity index (χ0) is 13.8. The summed E-state index contributed by atoms with van der Waals surface area (Å²) < 4.78 is 31.6. The van der Waals surface area contributed by atoms with Crippen LogP contribution in [-0.4, -0.2) is 37.6 Å². The molecule has 1 aliphatic rings. The molecule has 1 unspecified atom stereocenters. The van der Waals surface area contributed by atoms with Crippen LogP contribution in [0.1, 0.15) is 12.0 Å². The van der Waals surface area contributed by atoms with E-state index in [4.69, 9.17) is 4.74 Å². The highest BCUT2D eigenvalue weighted by Crippen LogP contribution is 2.19. The third-order valence-electron chi connectivity index (χ3n) is 3.41. The van der Waals surface area contributed by atoms with Gasteiger partial charge in [0, 0.05) is 31.7 Å². The van der Waals surface area contributed by atoms with Crippen LogP contribution in [-0.2, 0) is 16.0 Å². The molecule has 0 spiro atoms. The van der Waals surface area contributed by atoms with Gasteiger partial charge in [0.1, 0.15) is 0 Å². The van der Waals surface area contributed by atoms with E-state index < -0.39 is 11.6 Å². The fourth-order valence-electron chi connectivity index (χ4n) is 2.39. The van der Waals surface area contributed by atoms with E-state index in [1.807, 2.05) is 0 Å². The number of methoxy groups -OCH3 is 1. The van der Waals surface area contributed by atoms with Gasteiger partial charge in [0.25, 0.3) is 0 Å². The van der Waals surface area contributed by atoms with Gasteiger partial charge in [0.05, 0.1) is 13.0 Å². The Balaban J connectivity index is 1.96. The van der Waals surface area contributed by atoms with Crippen molar-refractivity contribution in [2.45, 2.75) is 12.8 Å². The monoisotopic (exact) mass is 269 g/mol. The lowest BCUT2D eigenvalue weighted by molar-refractivity contribution is -0.129. The predicted molar refractivity (Wildman–Crippen MR) is 66.6 cm³/mol. The van der Waals surface area contributed by atoms with E-state index in [1.54, 1.807) is 12.0 Å². The van der Waals surface area contributed by atoms with Crippen LogP contribution in [0.15, 0.2) is 18.2 Å². The highest BCUT2D eigenvalue weighted by molar-refractivity contribution is 5.79. The molecule has 104 valence electrons. The highest BCUT2D eigenvalue weighted by Gasteiger charge is 2.26. The molecule has 19 heavy (non-hydrogen) atoms. The first-order valence-corrected chi connectivity index (χ1v) is 6.31. The molecule has 1 saturated heterocycles. The average molecular weight is 269 g/mol. The summed E-state index contributed by atoms with van der Waals surface area (Å²) in [6.07, 6.45) is 0.800. The first-order valence-electron chi connectivity index (χ1n) is 6.31. The molecule has 0 saturated carbocycles. The van der Waals surface area contributed by atoms with Gasteiger partial charge in [-0.2, -0.15) is 0 Å². The first-order chi connectivity index (χ1) is 9.11. The second kappa shape index (κ2) is 6.10. The molecular formula is C14H17F2NO2. The van der Waals surface area contributed by atoms with E-state index in [2.05, 4.69) is 0 Å². The Morgan fingerprint density at radius 1 is 1.47 bits per heavy atom. The standard InChI is InChI=1S/C14H17F2NO2/c1-19-9-10-5-6-17(8-10)13(18)7-11-3-2-4-12(15)14(11)16/h2-4,10H,5-9H2,1H3. The topological polar surface area (TPSA) is 29.5 Å². The lowest BCUT2D eigenvalue weighted by Crippen LogP contribution is -2.30. The number of ether oxygens (including phenoxy) is 1. The van der Waals surface area contributed by atoms with E-state index in [0.29, 0.717) is 25.6 Å². The number of amides is 1. The Morgan fingerprint density at radius 2 is 2.26 bits per heavy atom. The van der Waals surface area contributed by atoms with Gasteiger partial charge in [-0.05, 0) is 12.5 Å². The van der Waals surface area contributed by atoms with E-state index in [0.717, 1.165) is 12.5 Å². The van der Waals surface area contributed by atoms with Crippen molar-refractivity contribution in [1.29, 1.82) is 0 Å². The molecule has 3 nitrogen and oxygen atoms in total. The quantitative estimate of drug-likeness (QED) is 0.836. The fraction of sp³-hybridized carbons (Fsp3) is 0.500. The van der Waals surface area contributed by atoms with Gasteiger partial charge in [0.15, 0.2) is 11.6 Å². The number of carbonyl (C=O) groups excluding carboxylic acids is 1. The number of hydrogen-bond acceptors (Lipinski definition) is 2. The van der Waals surface area contributed by atoms with Gasteiger partial charge < -0.3 is 9.64 Å². The number of hydrogen-bond donors (Lipinski definition) is 0. The molecule has 0 N–H and O–H groups in total. The highest BCUT2D eigenvalue weighted by atomic mass is 19.2. The largest absolute Gasteiger partial charge is 0.384 e. The number of likely N-dealkylation sites (tertiary alicyclic amines) is 1. The lowest BCUT2D eigenvalue weighted by Gasteiger charge is -2.16. The van der Waals surface area contributed by atoms with Crippen molar-refractivity contribution in [3.63, 3.8) is 0 Å². The minimum absolute atomic E-state index is 0.0940. The Morgan fingerprint density at radius 3 is 3.00 bits per heavy atom. The normalized spacial score (nSPS) is 18.9. The second-order valence-corrected chi connectivity index (χ2v) is 4.84. The second-order valence-electron chi connectivity index (χ2n) is 4.84. The van der Waals surface area contributed by atoms with Crippen molar-refractivity contribution in [2.75, 3.05) is 26.8 Å². The van der Waals surface area contributed by atoms with Crippen molar-refractivity contribution in [3.05, 3.63) is 35.4 Å². The van der Waals surface area contributed by atoms with Crippen LogP contribution in [0.3, 0.4) is 0 Å². The maximum absolute atomic E-state index is 13.5. The summed E-state index contributed by atoms with van der Waals surface area (Å²) in [4.78, 5) is 13.7. The van der Waals surface area contributed by atoms with Crippen LogP contribution >= 0.6 is 0 Å². The van der Waals surface area contributed by atoms with Gasteiger partial charge >= 0.3 is 0 Å². The Hall–Kier alpha value is -1.49. The number of halogens is 2. The number of benzene rings is 1.